The second-order valence-electron chi connectivity index (χ2n) is 5.69. The number of fused-ring (bicyclic) bond motifs is 1. The van der Waals surface area contributed by atoms with Crippen molar-refractivity contribution >= 4 is 50.9 Å². The van der Waals surface area contributed by atoms with Gasteiger partial charge in [0.15, 0.2) is 11.6 Å². The third kappa shape index (κ3) is 2.95. The van der Waals surface area contributed by atoms with Crippen LogP contribution in [0.1, 0.15) is 5.56 Å². The van der Waals surface area contributed by atoms with E-state index >= 15 is 0 Å². The van der Waals surface area contributed by atoms with Crippen molar-refractivity contribution in [2.75, 3.05) is 36.9 Å². The van der Waals surface area contributed by atoms with Crippen LogP contribution in [0.4, 0.5) is 11.5 Å². The molecule has 6 nitrogen and oxygen atoms in total. The summed E-state index contributed by atoms with van der Waals surface area (Å²) in [7, 11) is 0. The van der Waals surface area contributed by atoms with Gasteiger partial charge in [-0.1, -0.05) is 23.7 Å². The van der Waals surface area contributed by atoms with Gasteiger partial charge < -0.3 is 20.8 Å². The van der Waals surface area contributed by atoms with E-state index in [4.69, 9.17) is 32.5 Å². The minimum absolute atomic E-state index is 0.535. The number of ether oxygens (including phenoxy) is 1. The lowest BCUT2D eigenvalue weighted by Crippen LogP contribution is -2.36. The van der Waals surface area contributed by atoms with Crippen molar-refractivity contribution < 1.29 is 4.74 Å². The van der Waals surface area contributed by atoms with Gasteiger partial charge in [0, 0.05) is 36.1 Å². The molecule has 1 fully saturated rings. The average molecular weight is 374 g/mol. The first-order chi connectivity index (χ1) is 12.2. The van der Waals surface area contributed by atoms with Crippen molar-refractivity contribution in [3.05, 3.63) is 34.2 Å². The number of hydrogen-bond acceptors (Lipinski definition) is 7. The molecule has 3 N–H and O–H groups in total. The van der Waals surface area contributed by atoms with Crippen LogP contribution in [-0.2, 0) is 4.74 Å². The lowest BCUT2D eigenvalue weighted by Gasteiger charge is -2.28. The van der Waals surface area contributed by atoms with Gasteiger partial charge in [0.1, 0.15) is 0 Å². The first kappa shape index (κ1) is 16.3. The number of aromatic nitrogens is 2. The van der Waals surface area contributed by atoms with Gasteiger partial charge in [-0.3, -0.25) is 0 Å². The summed E-state index contributed by atoms with van der Waals surface area (Å²) in [6.45, 7) is 2.89. The molecule has 1 aliphatic rings. The fourth-order valence-electron chi connectivity index (χ4n) is 2.93. The second-order valence-corrected chi connectivity index (χ2v) is 7.37. The van der Waals surface area contributed by atoms with Gasteiger partial charge >= 0.3 is 0 Å². The molecule has 0 amide bonds. The molecule has 4 rings (SSSR count). The van der Waals surface area contributed by atoms with Crippen molar-refractivity contribution in [3.63, 3.8) is 0 Å². The van der Waals surface area contributed by atoms with Crippen LogP contribution in [0.25, 0.3) is 21.6 Å². The summed E-state index contributed by atoms with van der Waals surface area (Å²) in [5.41, 5.74) is 8.72. The van der Waals surface area contributed by atoms with Crippen LogP contribution in [0.3, 0.4) is 0 Å². The van der Waals surface area contributed by atoms with Crippen molar-refractivity contribution in [3.8, 4) is 11.4 Å². The van der Waals surface area contributed by atoms with Gasteiger partial charge in [-0.25, -0.2) is 9.97 Å². The van der Waals surface area contributed by atoms with E-state index in [0.717, 1.165) is 34.7 Å². The van der Waals surface area contributed by atoms with Crippen LogP contribution in [0.5, 0.6) is 0 Å². The molecule has 3 aromatic rings. The van der Waals surface area contributed by atoms with Crippen LogP contribution in [-0.4, -0.2) is 42.5 Å². The zero-order valence-electron chi connectivity index (χ0n) is 13.3. The van der Waals surface area contributed by atoms with E-state index in [1.54, 1.807) is 6.07 Å². The fraction of sp³-hybridized carbons (Fsp3) is 0.235. The lowest BCUT2D eigenvalue weighted by atomic mass is 10.1. The lowest BCUT2D eigenvalue weighted by molar-refractivity contribution is 0.122. The minimum Gasteiger partial charge on any atom is -0.398 e. The Labute approximate surface area is 153 Å². The SMILES string of the molecule is N=Cc1c(N)cccc1-c1nc(N2CCOCC2)c2sc(Cl)cc2n1. The molecular formula is C17H16ClN5OS. The first-order valence-electron chi connectivity index (χ1n) is 7.86. The van der Waals surface area contributed by atoms with Crippen LogP contribution in [0.2, 0.25) is 4.34 Å². The molecule has 0 bridgehead atoms. The summed E-state index contributed by atoms with van der Waals surface area (Å²) in [6.07, 6.45) is 1.24. The molecule has 0 saturated carbocycles. The van der Waals surface area contributed by atoms with E-state index < -0.39 is 0 Å². The van der Waals surface area contributed by atoms with Gasteiger partial charge in [-0.05, 0) is 12.1 Å². The predicted octanol–water partition coefficient (Wildman–Crippen LogP) is 3.43. The number of nitrogens with zero attached hydrogens (tertiary/aromatic N) is 3. The van der Waals surface area contributed by atoms with E-state index in [0.29, 0.717) is 34.6 Å². The number of thiophene rings is 1. The number of nitrogens with two attached hydrogens (primary N) is 1. The molecule has 3 heterocycles. The molecule has 25 heavy (non-hydrogen) atoms. The van der Waals surface area contributed by atoms with Crippen molar-refractivity contribution in [2.24, 2.45) is 0 Å². The quantitative estimate of drug-likeness (QED) is 0.542. The maximum absolute atomic E-state index is 7.68. The monoisotopic (exact) mass is 373 g/mol. The molecule has 1 aliphatic heterocycles. The highest BCUT2D eigenvalue weighted by Crippen LogP contribution is 2.37. The Morgan fingerprint density at radius 3 is 2.84 bits per heavy atom. The maximum atomic E-state index is 7.68. The van der Waals surface area contributed by atoms with Gasteiger partial charge in [0.25, 0.3) is 0 Å². The van der Waals surface area contributed by atoms with Crippen LogP contribution in [0, 0.1) is 5.41 Å². The van der Waals surface area contributed by atoms with E-state index in [2.05, 4.69) is 9.88 Å². The third-order valence-electron chi connectivity index (χ3n) is 4.16. The van der Waals surface area contributed by atoms with Crippen LogP contribution in [0.15, 0.2) is 24.3 Å². The molecule has 1 saturated heterocycles. The predicted molar refractivity (Wildman–Crippen MR) is 103 cm³/mol. The highest BCUT2D eigenvalue weighted by Gasteiger charge is 2.20. The highest BCUT2D eigenvalue weighted by atomic mass is 35.5. The van der Waals surface area contributed by atoms with E-state index in [9.17, 15) is 0 Å². The van der Waals surface area contributed by atoms with E-state index in [1.165, 1.54) is 17.6 Å². The molecule has 2 aromatic heterocycles. The summed E-state index contributed by atoms with van der Waals surface area (Å²) in [6, 6.07) is 7.36. The molecule has 0 atom stereocenters. The Kier molecular flexibility index (Phi) is 4.29. The van der Waals surface area contributed by atoms with Gasteiger partial charge in [-0.2, -0.15) is 0 Å². The number of rotatable bonds is 3. The maximum Gasteiger partial charge on any atom is 0.162 e. The molecule has 8 heteroatoms. The normalized spacial score (nSPS) is 14.8. The average Bonchev–Trinajstić information content (AvgIpc) is 3.01. The van der Waals surface area contributed by atoms with Crippen molar-refractivity contribution in [2.45, 2.75) is 0 Å². The molecule has 0 spiro atoms. The number of nitrogen functional groups attached to an aromatic ring is 1. The molecule has 0 unspecified atom stereocenters. The highest BCUT2D eigenvalue weighted by molar-refractivity contribution is 7.23. The second kappa shape index (κ2) is 6.59. The number of morpholine rings is 1. The molecule has 128 valence electrons. The number of hydrogen-bond donors (Lipinski definition) is 2. The Morgan fingerprint density at radius 2 is 2.08 bits per heavy atom. The number of halogens is 1. The zero-order valence-corrected chi connectivity index (χ0v) is 14.9. The summed E-state index contributed by atoms with van der Waals surface area (Å²) in [4.78, 5) is 11.7. The third-order valence-corrected chi connectivity index (χ3v) is 5.41. The Morgan fingerprint density at radius 1 is 1.28 bits per heavy atom. The van der Waals surface area contributed by atoms with Gasteiger partial charge in [0.2, 0.25) is 0 Å². The molecule has 1 aromatic carbocycles. The summed E-state index contributed by atoms with van der Waals surface area (Å²) < 4.78 is 7.10. The Balaban J connectivity index is 1.93. The topological polar surface area (TPSA) is 88.1 Å². The summed E-state index contributed by atoms with van der Waals surface area (Å²) in [5, 5.41) is 7.68. The number of anilines is 2. The van der Waals surface area contributed by atoms with Crippen molar-refractivity contribution in [1.82, 2.24) is 9.97 Å². The standard InChI is InChI=1S/C17H16ClN5OS/c18-14-8-13-15(25-14)17(23-4-6-24-7-5-23)22-16(21-13)10-2-1-3-12(20)11(10)9-19/h1-3,8-9,19H,4-7,20H2. The van der Waals surface area contributed by atoms with Crippen LogP contribution >= 0.6 is 22.9 Å². The smallest absolute Gasteiger partial charge is 0.162 e. The van der Waals surface area contributed by atoms with Crippen LogP contribution < -0.4 is 10.6 Å². The minimum atomic E-state index is 0.535. The summed E-state index contributed by atoms with van der Waals surface area (Å²) >= 11 is 7.71. The Hall–Kier alpha value is -2.22. The summed E-state index contributed by atoms with van der Waals surface area (Å²) in [5.74, 6) is 1.41. The largest absolute Gasteiger partial charge is 0.398 e. The Bertz CT molecular complexity index is 952. The van der Waals surface area contributed by atoms with Gasteiger partial charge in [0.05, 0.1) is 27.8 Å². The van der Waals surface area contributed by atoms with E-state index in [1.807, 2.05) is 18.2 Å². The number of benzene rings is 1. The van der Waals surface area contributed by atoms with E-state index in [-0.39, 0.29) is 0 Å². The number of nitrogens with one attached hydrogen (secondary N) is 1. The first-order valence-corrected chi connectivity index (χ1v) is 9.06. The van der Waals surface area contributed by atoms with Crippen molar-refractivity contribution in [1.29, 1.82) is 5.41 Å². The fourth-order valence-corrected chi connectivity index (χ4v) is 4.11. The molecule has 0 radical (unpaired) electrons. The zero-order chi connectivity index (χ0) is 17.4. The molecule has 0 aliphatic carbocycles. The molecular weight excluding hydrogens is 358 g/mol. The van der Waals surface area contributed by atoms with Gasteiger partial charge in [-0.15, -0.1) is 11.3 Å².